The molecule has 0 spiro atoms. The van der Waals surface area contributed by atoms with E-state index in [1.165, 1.54) is 6.07 Å². The highest BCUT2D eigenvalue weighted by molar-refractivity contribution is 9.10. The molecule has 0 fully saturated rings. The van der Waals surface area contributed by atoms with Gasteiger partial charge < -0.3 is 10.6 Å². The molecule has 0 unspecified atom stereocenters. The first kappa shape index (κ1) is 20.4. The SMILES string of the molecule is CC(C)CNc1cc2c(cc1C(F)(F)F)NC(=O)CC(c1cccc(Br)c1)=N2. The molecule has 8 heteroatoms. The average Bonchev–Trinajstić information content (AvgIpc) is 2.76. The molecule has 0 bridgehead atoms. The van der Waals surface area contributed by atoms with Gasteiger partial charge in [-0.1, -0.05) is 41.9 Å². The standard InChI is InChI=1S/C20H19BrF3N3O/c1-11(2)10-25-16-8-18-17(7-14(16)20(22,23)24)27-19(28)9-15(26-18)12-4-3-5-13(21)6-12/h3-8,11,25H,9-10H2,1-2H3,(H,27,28). The number of aliphatic imine (C=N–C) groups is 1. The summed E-state index contributed by atoms with van der Waals surface area (Å²) in [7, 11) is 0. The maximum absolute atomic E-state index is 13.5. The van der Waals surface area contributed by atoms with Gasteiger partial charge in [0.25, 0.3) is 0 Å². The molecule has 148 valence electrons. The van der Waals surface area contributed by atoms with Gasteiger partial charge in [-0.15, -0.1) is 0 Å². The van der Waals surface area contributed by atoms with Crippen molar-refractivity contribution in [3.8, 4) is 0 Å². The lowest BCUT2D eigenvalue weighted by Crippen LogP contribution is -2.17. The van der Waals surface area contributed by atoms with E-state index in [9.17, 15) is 18.0 Å². The summed E-state index contributed by atoms with van der Waals surface area (Å²) >= 11 is 3.38. The number of alkyl halides is 3. The van der Waals surface area contributed by atoms with Crippen molar-refractivity contribution in [3.05, 3.63) is 52.0 Å². The highest BCUT2D eigenvalue weighted by Crippen LogP contribution is 2.42. The van der Waals surface area contributed by atoms with Crippen molar-refractivity contribution >= 4 is 44.6 Å². The second kappa shape index (κ2) is 7.95. The Morgan fingerprint density at radius 2 is 2.00 bits per heavy atom. The van der Waals surface area contributed by atoms with E-state index in [1.807, 2.05) is 38.1 Å². The summed E-state index contributed by atoms with van der Waals surface area (Å²) in [6.45, 7) is 4.21. The number of benzene rings is 2. The highest BCUT2D eigenvalue weighted by atomic mass is 79.9. The van der Waals surface area contributed by atoms with Gasteiger partial charge in [-0.2, -0.15) is 13.2 Å². The maximum Gasteiger partial charge on any atom is 0.418 e. The molecule has 1 aliphatic rings. The molecular formula is C20H19BrF3N3O. The Bertz CT molecular complexity index is 939. The van der Waals surface area contributed by atoms with Crippen LogP contribution in [0.3, 0.4) is 0 Å². The van der Waals surface area contributed by atoms with Crippen molar-refractivity contribution < 1.29 is 18.0 Å². The fourth-order valence-corrected chi connectivity index (χ4v) is 3.24. The van der Waals surface area contributed by atoms with Crippen LogP contribution in [0.15, 0.2) is 45.9 Å². The van der Waals surface area contributed by atoms with Crippen molar-refractivity contribution in [2.75, 3.05) is 17.2 Å². The summed E-state index contributed by atoms with van der Waals surface area (Å²) in [6.07, 6.45) is -4.58. The minimum Gasteiger partial charge on any atom is -0.384 e. The Morgan fingerprint density at radius 3 is 2.64 bits per heavy atom. The van der Waals surface area contributed by atoms with Crippen molar-refractivity contribution in [2.24, 2.45) is 10.9 Å². The molecule has 0 aromatic heterocycles. The Morgan fingerprint density at radius 1 is 1.25 bits per heavy atom. The van der Waals surface area contributed by atoms with Crippen LogP contribution in [0.1, 0.15) is 31.4 Å². The first-order chi connectivity index (χ1) is 13.1. The Kier molecular flexibility index (Phi) is 5.79. The van der Waals surface area contributed by atoms with Crippen LogP contribution in [-0.4, -0.2) is 18.2 Å². The number of halogens is 4. The number of nitrogens with one attached hydrogen (secondary N) is 2. The van der Waals surface area contributed by atoms with Crippen molar-refractivity contribution in [1.29, 1.82) is 0 Å². The summed E-state index contributed by atoms with van der Waals surface area (Å²) in [5.41, 5.74) is 0.695. The molecule has 2 N–H and O–H groups in total. The molecule has 0 atom stereocenters. The molecule has 2 aromatic rings. The van der Waals surface area contributed by atoms with E-state index in [0.29, 0.717) is 17.9 Å². The van der Waals surface area contributed by atoms with Crippen LogP contribution in [0.25, 0.3) is 0 Å². The number of nitrogens with zero attached hydrogens (tertiary/aromatic N) is 1. The lowest BCUT2D eigenvalue weighted by molar-refractivity contribution is -0.137. The number of rotatable bonds is 4. The topological polar surface area (TPSA) is 53.5 Å². The molecule has 2 aromatic carbocycles. The smallest absolute Gasteiger partial charge is 0.384 e. The minimum absolute atomic E-state index is 0.0265. The maximum atomic E-state index is 13.5. The number of hydrogen-bond donors (Lipinski definition) is 2. The van der Waals surface area contributed by atoms with Crippen LogP contribution in [-0.2, 0) is 11.0 Å². The fraction of sp³-hybridized carbons (Fsp3) is 0.300. The molecular weight excluding hydrogens is 435 g/mol. The normalized spacial score (nSPS) is 14.2. The molecule has 1 aliphatic heterocycles. The number of carbonyl (C=O) groups excluding carboxylic acids is 1. The van der Waals surface area contributed by atoms with Crippen LogP contribution < -0.4 is 10.6 Å². The highest BCUT2D eigenvalue weighted by Gasteiger charge is 2.35. The summed E-state index contributed by atoms with van der Waals surface area (Å²) in [5.74, 6) is -0.242. The Hall–Kier alpha value is -2.35. The van der Waals surface area contributed by atoms with E-state index >= 15 is 0 Å². The van der Waals surface area contributed by atoms with Crippen LogP contribution in [0.5, 0.6) is 0 Å². The molecule has 3 rings (SSSR count). The van der Waals surface area contributed by atoms with E-state index < -0.39 is 17.6 Å². The fourth-order valence-electron chi connectivity index (χ4n) is 2.84. The second-order valence-electron chi connectivity index (χ2n) is 6.98. The summed E-state index contributed by atoms with van der Waals surface area (Å²) < 4.78 is 41.4. The van der Waals surface area contributed by atoms with Gasteiger partial charge in [0.05, 0.1) is 29.1 Å². The quantitative estimate of drug-likeness (QED) is 0.596. The van der Waals surface area contributed by atoms with Crippen molar-refractivity contribution in [1.82, 2.24) is 0 Å². The average molecular weight is 454 g/mol. The number of carbonyl (C=O) groups is 1. The van der Waals surface area contributed by atoms with Gasteiger partial charge in [0.1, 0.15) is 0 Å². The third kappa shape index (κ3) is 4.73. The molecule has 0 saturated carbocycles. The van der Waals surface area contributed by atoms with E-state index in [2.05, 4.69) is 31.6 Å². The van der Waals surface area contributed by atoms with E-state index in [0.717, 1.165) is 16.1 Å². The van der Waals surface area contributed by atoms with Gasteiger partial charge in [0.15, 0.2) is 0 Å². The van der Waals surface area contributed by atoms with Gasteiger partial charge in [-0.3, -0.25) is 9.79 Å². The molecule has 1 amide bonds. The predicted octanol–water partition coefficient (Wildman–Crippen LogP) is 6.00. The van der Waals surface area contributed by atoms with Crippen LogP contribution >= 0.6 is 15.9 Å². The molecule has 28 heavy (non-hydrogen) atoms. The lowest BCUT2D eigenvalue weighted by atomic mass is 10.1. The van der Waals surface area contributed by atoms with Gasteiger partial charge in [-0.05, 0) is 35.7 Å². The zero-order valence-corrected chi connectivity index (χ0v) is 16.9. The van der Waals surface area contributed by atoms with Gasteiger partial charge in [-0.25, -0.2) is 0 Å². The molecule has 0 saturated heterocycles. The first-order valence-corrected chi connectivity index (χ1v) is 9.55. The number of fused-ring (bicyclic) bond motifs is 1. The van der Waals surface area contributed by atoms with E-state index in [-0.39, 0.29) is 23.7 Å². The van der Waals surface area contributed by atoms with Gasteiger partial charge >= 0.3 is 6.18 Å². The molecule has 0 radical (unpaired) electrons. The van der Waals surface area contributed by atoms with E-state index in [1.54, 1.807) is 0 Å². The largest absolute Gasteiger partial charge is 0.418 e. The van der Waals surface area contributed by atoms with Crippen molar-refractivity contribution in [3.63, 3.8) is 0 Å². The van der Waals surface area contributed by atoms with Crippen LogP contribution in [0, 0.1) is 5.92 Å². The number of hydrogen-bond acceptors (Lipinski definition) is 3. The second-order valence-corrected chi connectivity index (χ2v) is 7.90. The van der Waals surface area contributed by atoms with Crippen LogP contribution in [0.2, 0.25) is 0 Å². The zero-order chi connectivity index (χ0) is 20.5. The van der Waals surface area contributed by atoms with E-state index in [4.69, 9.17) is 0 Å². The van der Waals surface area contributed by atoms with Crippen LogP contribution in [0.4, 0.5) is 30.2 Å². The molecule has 1 heterocycles. The zero-order valence-electron chi connectivity index (χ0n) is 15.3. The summed E-state index contributed by atoms with van der Waals surface area (Å²) in [6, 6.07) is 9.59. The van der Waals surface area contributed by atoms with Crippen molar-refractivity contribution in [2.45, 2.75) is 26.4 Å². The van der Waals surface area contributed by atoms with Gasteiger partial charge in [0, 0.05) is 16.7 Å². The molecule has 4 nitrogen and oxygen atoms in total. The first-order valence-electron chi connectivity index (χ1n) is 8.76. The Balaban J connectivity index is 2.12. The van der Waals surface area contributed by atoms with Gasteiger partial charge in [0.2, 0.25) is 5.91 Å². The monoisotopic (exact) mass is 453 g/mol. The third-order valence-electron chi connectivity index (χ3n) is 4.16. The third-order valence-corrected chi connectivity index (χ3v) is 4.65. The molecule has 0 aliphatic carbocycles. The number of anilines is 2. The lowest BCUT2D eigenvalue weighted by Gasteiger charge is -2.18. The Labute approximate surface area is 169 Å². The minimum atomic E-state index is -4.55. The predicted molar refractivity (Wildman–Crippen MR) is 108 cm³/mol. The summed E-state index contributed by atoms with van der Waals surface area (Å²) in [5, 5.41) is 5.40. The number of amides is 1. The summed E-state index contributed by atoms with van der Waals surface area (Å²) in [4.78, 5) is 16.8.